The molecule has 2 rings (SSSR count). The molecule has 0 spiro atoms. The highest BCUT2D eigenvalue weighted by atomic mass is 19.1. The fourth-order valence-electron chi connectivity index (χ4n) is 1.63. The molecule has 0 fully saturated rings. The number of hydrogen-bond acceptors (Lipinski definition) is 4. The first-order chi connectivity index (χ1) is 9.60. The van der Waals surface area contributed by atoms with Gasteiger partial charge in [-0.25, -0.2) is 9.18 Å². The molecule has 0 heterocycles. The van der Waals surface area contributed by atoms with Crippen LogP contribution in [0.15, 0.2) is 42.5 Å². The number of aliphatic hydroxyl groups excluding tert-OH is 1. The van der Waals surface area contributed by atoms with Crippen LogP contribution in [0.2, 0.25) is 0 Å². The molecule has 2 aromatic carbocycles. The summed E-state index contributed by atoms with van der Waals surface area (Å²) in [6, 6.07) is 10.8. The van der Waals surface area contributed by atoms with Crippen molar-refractivity contribution in [2.45, 2.75) is 13.2 Å². The first-order valence-electron chi connectivity index (χ1n) is 6.01. The Labute approximate surface area is 115 Å². The van der Waals surface area contributed by atoms with Crippen LogP contribution in [0, 0.1) is 5.82 Å². The molecule has 104 valence electrons. The van der Waals surface area contributed by atoms with Crippen molar-refractivity contribution in [3.05, 3.63) is 65.0 Å². The monoisotopic (exact) mass is 275 g/mol. The van der Waals surface area contributed by atoms with E-state index in [4.69, 9.17) is 15.6 Å². The van der Waals surface area contributed by atoms with E-state index in [0.29, 0.717) is 0 Å². The molecule has 0 radical (unpaired) electrons. The van der Waals surface area contributed by atoms with E-state index in [1.807, 2.05) is 0 Å². The van der Waals surface area contributed by atoms with Crippen molar-refractivity contribution in [2.24, 2.45) is 0 Å². The molecular formula is C15H14FNO3. The van der Waals surface area contributed by atoms with Crippen LogP contribution in [-0.4, -0.2) is 11.1 Å². The van der Waals surface area contributed by atoms with Gasteiger partial charge < -0.3 is 15.6 Å². The van der Waals surface area contributed by atoms with E-state index in [0.717, 1.165) is 17.2 Å². The summed E-state index contributed by atoms with van der Waals surface area (Å²) in [6.07, 6.45) is 0. The summed E-state index contributed by atoms with van der Waals surface area (Å²) in [5.74, 6) is -1.26. The Morgan fingerprint density at radius 3 is 2.40 bits per heavy atom. The maximum atomic E-state index is 13.2. The van der Waals surface area contributed by atoms with Gasteiger partial charge in [0.2, 0.25) is 0 Å². The van der Waals surface area contributed by atoms with Crippen LogP contribution < -0.4 is 5.73 Å². The number of carbonyl (C=O) groups excluding carboxylic acids is 1. The number of anilines is 1. The van der Waals surface area contributed by atoms with Crippen LogP contribution in [0.4, 0.5) is 10.1 Å². The average Bonchev–Trinajstić information content (AvgIpc) is 2.48. The van der Waals surface area contributed by atoms with Crippen molar-refractivity contribution >= 4 is 11.7 Å². The number of esters is 1. The molecule has 0 aliphatic rings. The van der Waals surface area contributed by atoms with E-state index in [1.54, 1.807) is 24.3 Å². The summed E-state index contributed by atoms with van der Waals surface area (Å²) < 4.78 is 18.3. The zero-order chi connectivity index (χ0) is 14.5. The second-order valence-corrected chi connectivity index (χ2v) is 4.29. The predicted molar refractivity (Wildman–Crippen MR) is 72.3 cm³/mol. The molecule has 2 aromatic rings. The number of rotatable bonds is 4. The second kappa shape index (κ2) is 6.16. The highest BCUT2D eigenvalue weighted by molar-refractivity contribution is 5.89. The quantitative estimate of drug-likeness (QED) is 0.663. The number of halogens is 1. The second-order valence-electron chi connectivity index (χ2n) is 4.29. The smallest absolute Gasteiger partial charge is 0.338 e. The van der Waals surface area contributed by atoms with Crippen molar-refractivity contribution in [1.82, 2.24) is 0 Å². The molecule has 3 N–H and O–H groups in total. The molecule has 20 heavy (non-hydrogen) atoms. The highest BCUT2D eigenvalue weighted by Crippen LogP contribution is 2.14. The van der Waals surface area contributed by atoms with Gasteiger partial charge in [0.1, 0.15) is 12.4 Å². The van der Waals surface area contributed by atoms with Crippen LogP contribution in [-0.2, 0) is 18.0 Å². The molecule has 0 bridgehead atoms. The summed E-state index contributed by atoms with van der Waals surface area (Å²) in [5.41, 5.74) is 7.00. The summed E-state index contributed by atoms with van der Waals surface area (Å²) in [5, 5.41) is 8.91. The lowest BCUT2D eigenvalue weighted by molar-refractivity contribution is 0.0472. The van der Waals surface area contributed by atoms with E-state index in [2.05, 4.69) is 0 Å². The SMILES string of the molecule is Nc1ccc(C(=O)OCc2ccc(CO)cc2)cc1F. The molecule has 0 aliphatic heterocycles. The van der Waals surface area contributed by atoms with Gasteiger partial charge in [-0.15, -0.1) is 0 Å². The topological polar surface area (TPSA) is 72.6 Å². The standard InChI is InChI=1S/C15H14FNO3/c16-13-7-12(5-6-14(13)17)15(19)20-9-11-3-1-10(8-18)2-4-11/h1-7,18H,8-9,17H2. The van der Waals surface area contributed by atoms with Gasteiger partial charge in [-0.1, -0.05) is 24.3 Å². The predicted octanol–water partition coefficient (Wildman–Crippen LogP) is 2.26. The van der Waals surface area contributed by atoms with Gasteiger partial charge >= 0.3 is 5.97 Å². The highest BCUT2D eigenvalue weighted by Gasteiger charge is 2.10. The maximum Gasteiger partial charge on any atom is 0.338 e. The average molecular weight is 275 g/mol. The van der Waals surface area contributed by atoms with Crippen LogP contribution in [0.25, 0.3) is 0 Å². The lowest BCUT2D eigenvalue weighted by Crippen LogP contribution is -2.06. The van der Waals surface area contributed by atoms with Crippen molar-refractivity contribution in [2.75, 3.05) is 5.73 Å². The molecule has 0 aliphatic carbocycles. The number of ether oxygens (including phenoxy) is 1. The van der Waals surface area contributed by atoms with Gasteiger partial charge in [0.05, 0.1) is 17.9 Å². The molecule has 0 amide bonds. The molecule has 5 heteroatoms. The lowest BCUT2D eigenvalue weighted by Gasteiger charge is -2.06. The first kappa shape index (κ1) is 14.0. The van der Waals surface area contributed by atoms with E-state index in [1.165, 1.54) is 12.1 Å². The number of benzene rings is 2. The van der Waals surface area contributed by atoms with Crippen molar-refractivity contribution in [3.8, 4) is 0 Å². The Hall–Kier alpha value is -2.40. The summed E-state index contributed by atoms with van der Waals surface area (Å²) in [7, 11) is 0. The zero-order valence-electron chi connectivity index (χ0n) is 10.7. The Morgan fingerprint density at radius 2 is 1.80 bits per heavy atom. The van der Waals surface area contributed by atoms with E-state index in [-0.39, 0.29) is 24.5 Å². The van der Waals surface area contributed by atoms with Gasteiger partial charge in [-0.05, 0) is 29.3 Å². The minimum atomic E-state index is -0.647. The molecule has 4 nitrogen and oxygen atoms in total. The largest absolute Gasteiger partial charge is 0.457 e. The Bertz CT molecular complexity index is 611. The van der Waals surface area contributed by atoms with Crippen molar-refractivity contribution in [1.29, 1.82) is 0 Å². The third-order valence-electron chi connectivity index (χ3n) is 2.81. The lowest BCUT2D eigenvalue weighted by atomic mass is 10.1. The van der Waals surface area contributed by atoms with Gasteiger partial charge in [-0.2, -0.15) is 0 Å². The number of aliphatic hydroxyl groups is 1. The normalized spacial score (nSPS) is 10.3. The fourth-order valence-corrected chi connectivity index (χ4v) is 1.63. The maximum absolute atomic E-state index is 13.2. The first-order valence-corrected chi connectivity index (χ1v) is 6.01. The number of nitrogen functional groups attached to an aromatic ring is 1. The third kappa shape index (κ3) is 3.33. The molecule has 0 saturated heterocycles. The Kier molecular flexibility index (Phi) is 4.32. The molecule has 0 saturated carbocycles. The molecule has 0 atom stereocenters. The minimum absolute atomic E-state index is 0.0128. The van der Waals surface area contributed by atoms with Gasteiger partial charge in [-0.3, -0.25) is 0 Å². The Morgan fingerprint density at radius 1 is 1.15 bits per heavy atom. The summed E-state index contributed by atoms with van der Waals surface area (Å²) in [6.45, 7) is 0.0430. The van der Waals surface area contributed by atoms with E-state index in [9.17, 15) is 9.18 Å². The van der Waals surface area contributed by atoms with Crippen LogP contribution in [0.1, 0.15) is 21.5 Å². The fraction of sp³-hybridized carbons (Fsp3) is 0.133. The van der Waals surface area contributed by atoms with Gasteiger partial charge in [0, 0.05) is 0 Å². The molecule has 0 aromatic heterocycles. The van der Waals surface area contributed by atoms with Crippen molar-refractivity contribution in [3.63, 3.8) is 0 Å². The third-order valence-corrected chi connectivity index (χ3v) is 2.81. The van der Waals surface area contributed by atoms with Crippen LogP contribution in [0.3, 0.4) is 0 Å². The molecular weight excluding hydrogens is 261 g/mol. The van der Waals surface area contributed by atoms with Crippen LogP contribution in [0.5, 0.6) is 0 Å². The minimum Gasteiger partial charge on any atom is -0.457 e. The number of nitrogens with two attached hydrogens (primary N) is 1. The molecule has 0 unspecified atom stereocenters. The van der Waals surface area contributed by atoms with Crippen LogP contribution >= 0.6 is 0 Å². The summed E-state index contributed by atoms with van der Waals surface area (Å²) in [4.78, 5) is 11.7. The van der Waals surface area contributed by atoms with Crippen molar-refractivity contribution < 1.29 is 19.0 Å². The Balaban J connectivity index is 1.98. The number of hydrogen-bond donors (Lipinski definition) is 2. The van der Waals surface area contributed by atoms with E-state index < -0.39 is 11.8 Å². The van der Waals surface area contributed by atoms with E-state index >= 15 is 0 Å². The van der Waals surface area contributed by atoms with Gasteiger partial charge in [0.25, 0.3) is 0 Å². The summed E-state index contributed by atoms with van der Waals surface area (Å²) >= 11 is 0. The zero-order valence-corrected chi connectivity index (χ0v) is 10.7. The van der Waals surface area contributed by atoms with Gasteiger partial charge in [0.15, 0.2) is 0 Å². The number of carbonyl (C=O) groups is 1.